The zero-order valence-corrected chi connectivity index (χ0v) is 20.9. The van der Waals surface area contributed by atoms with Crippen LogP contribution in [0.25, 0.3) is 11.2 Å². The number of carbonyl (C=O) groups excluding carboxylic acids is 1. The number of hydrogen-bond acceptors (Lipinski definition) is 10. The van der Waals surface area contributed by atoms with Gasteiger partial charge in [-0.25, -0.2) is 15.0 Å². The van der Waals surface area contributed by atoms with Crippen molar-refractivity contribution in [3.8, 4) is 11.8 Å². The lowest BCUT2D eigenvalue weighted by Gasteiger charge is -2.20. The number of rotatable bonds is 7. The normalized spacial score (nSPS) is 23.9. The Hall–Kier alpha value is -4.09. The molecule has 39 heavy (non-hydrogen) atoms. The first kappa shape index (κ1) is 26.5. The summed E-state index contributed by atoms with van der Waals surface area (Å²) in [5.74, 6) is 4.69. The van der Waals surface area contributed by atoms with Crippen molar-refractivity contribution in [3.05, 3.63) is 47.5 Å². The molecular formula is C26H29N7O6. The molecular weight excluding hydrogens is 506 g/mol. The first-order valence-electron chi connectivity index (χ1n) is 12.6. The van der Waals surface area contributed by atoms with Crippen LogP contribution in [0.15, 0.2) is 30.9 Å². The maximum atomic E-state index is 12.2. The molecule has 13 nitrogen and oxygen atoms in total. The van der Waals surface area contributed by atoms with Crippen molar-refractivity contribution in [3.63, 3.8) is 0 Å². The quantitative estimate of drug-likeness (QED) is 0.213. The first-order chi connectivity index (χ1) is 18.7. The fraction of sp³-hybridized carbons (Fsp3) is 0.423. The van der Waals surface area contributed by atoms with Crippen molar-refractivity contribution >= 4 is 28.9 Å². The third kappa shape index (κ3) is 5.41. The van der Waals surface area contributed by atoms with E-state index < -0.39 is 42.5 Å². The van der Waals surface area contributed by atoms with Gasteiger partial charge in [-0.3, -0.25) is 14.2 Å². The Bertz CT molecular complexity index is 1460. The van der Waals surface area contributed by atoms with Crippen LogP contribution in [0.3, 0.4) is 0 Å². The molecule has 0 bridgehead atoms. The third-order valence-corrected chi connectivity index (χ3v) is 7.11. The van der Waals surface area contributed by atoms with Gasteiger partial charge in [0.2, 0.25) is 0 Å². The van der Waals surface area contributed by atoms with E-state index in [9.17, 15) is 24.9 Å². The molecule has 0 saturated carbocycles. The van der Waals surface area contributed by atoms with E-state index in [1.165, 1.54) is 17.2 Å². The lowest BCUT2D eigenvalue weighted by Crippen LogP contribution is -2.33. The Balaban J connectivity index is 1.37. The van der Waals surface area contributed by atoms with Crippen molar-refractivity contribution < 1.29 is 29.6 Å². The highest BCUT2D eigenvalue weighted by Gasteiger charge is 2.45. The molecule has 0 aliphatic carbocycles. The number of aliphatic hydroxyl groups excluding tert-OH is 2. The van der Waals surface area contributed by atoms with Gasteiger partial charge in [-0.15, -0.1) is 0 Å². The minimum atomic E-state index is -1.29. The van der Waals surface area contributed by atoms with Crippen LogP contribution in [0.1, 0.15) is 47.0 Å². The van der Waals surface area contributed by atoms with Crippen molar-refractivity contribution in [1.29, 1.82) is 0 Å². The number of carboxylic acids is 1. The van der Waals surface area contributed by atoms with E-state index in [2.05, 4.69) is 32.1 Å². The molecule has 2 aliphatic heterocycles. The molecule has 204 valence electrons. The third-order valence-electron chi connectivity index (χ3n) is 7.11. The highest BCUT2D eigenvalue weighted by atomic mass is 16.6. The van der Waals surface area contributed by atoms with Crippen LogP contribution in [0.2, 0.25) is 0 Å². The van der Waals surface area contributed by atoms with E-state index in [-0.39, 0.29) is 24.6 Å². The van der Waals surface area contributed by atoms with E-state index in [1.807, 2.05) is 12.1 Å². The lowest BCUT2D eigenvalue weighted by molar-refractivity contribution is -0.138. The number of amides is 1. The Morgan fingerprint density at radius 3 is 2.85 bits per heavy atom. The van der Waals surface area contributed by atoms with Crippen molar-refractivity contribution in [2.45, 2.75) is 56.3 Å². The maximum Gasteiger partial charge on any atom is 0.320 e. The van der Waals surface area contributed by atoms with Crippen LogP contribution in [-0.2, 0) is 16.0 Å². The van der Waals surface area contributed by atoms with E-state index in [0.29, 0.717) is 35.3 Å². The maximum absolute atomic E-state index is 12.2. The molecule has 0 unspecified atom stereocenters. The number of nitrogens with zero attached hydrogens (tertiary/aromatic N) is 4. The number of imidazole rings is 1. The fourth-order valence-electron chi connectivity index (χ4n) is 4.92. The van der Waals surface area contributed by atoms with Gasteiger partial charge in [0.05, 0.1) is 12.4 Å². The second kappa shape index (κ2) is 11.0. The molecule has 1 aromatic carbocycles. The van der Waals surface area contributed by atoms with Crippen molar-refractivity contribution in [1.82, 2.24) is 24.8 Å². The standard InChI is InChI=1S/C26H29N7O6/c27-17(26(37)38)6-4-14(2-1-13-3-5-15-7-8-29-24(36)16(15)9-13)10-18-20(34)21(35)25(39-18)33-12-32-19-22(28)30-11-31-23(19)33/h3,5,9,11-12,14,17-18,20-21,25,34-35H,4,6-8,10,27H2,(H,29,36)(H,37,38)(H2,28,30,31)/t14-,17-,18+,20+,21+,25+/m0/s1. The molecule has 4 heterocycles. The van der Waals surface area contributed by atoms with Gasteiger partial charge in [-0.2, -0.15) is 0 Å². The molecule has 13 heteroatoms. The predicted octanol–water partition coefficient (Wildman–Crippen LogP) is -0.436. The minimum Gasteiger partial charge on any atom is -0.480 e. The predicted molar refractivity (Wildman–Crippen MR) is 138 cm³/mol. The lowest BCUT2D eigenvalue weighted by atomic mass is 9.91. The van der Waals surface area contributed by atoms with Gasteiger partial charge in [0.25, 0.3) is 5.91 Å². The molecule has 5 rings (SSSR count). The van der Waals surface area contributed by atoms with Crippen molar-refractivity contribution in [2.24, 2.45) is 11.7 Å². The summed E-state index contributed by atoms with van der Waals surface area (Å²) in [6.45, 7) is 0.592. The number of carbonyl (C=O) groups is 2. The number of hydrogen-bond donors (Lipinski definition) is 6. The van der Waals surface area contributed by atoms with Gasteiger partial charge in [-0.1, -0.05) is 17.9 Å². The molecule has 0 spiro atoms. The number of nitrogens with one attached hydrogen (secondary N) is 1. The molecule has 1 fully saturated rings. The fourth-order valence-corrected chi connectivity index (χ4v) is 4.92. The Kier molecular flexibility index (Phi) is 7.45. The molecule has 1 saturated heterocycles. The summed E-state index contributed by atoms with van der Waals surface area (Å²) in [6, 6.07) is 4.37. The Labute approximate surface area is 223 Å². The highest BCUT2D eigenvalue weighted by molar-refractivity contribution is 5.97. The average Bonchev–Trinajstić information content (AvgIpc) is 3.47. The zero-order valence-electron chi connectivity index (χ0n) is 20.9. The van der Waals surface area contributed by atoms with Gasteiger partial charge in [0, 0.05) is 23.6 Å². The zero-order chi connectivity index (χ0) is 27.7. The number of anilines is 1. The average molecular weight is 536 g/mol. The number of aromatic nitrogens is 4. The molecule has 8 N–H and O–H groups in total. The van der Waals surface area contributed by atoms with Crippen LogP contribution < -0.4 is 16.8 Å². The summed E-state index contributed by atoms with van der Waals surface area (Å²) in [6.07, 6.45) is -0.265. The monoisotopic (exact) mass is 535 g/mol. The molecule has 2 aromatic heterocycles. The van der Waals surface area contributed by atoms with Crippen LogP contribution in [0, 0.1) is 17.8 Å². The topological polar surface area (TPSA) is 212 Å². The van der Waals surface area contributed by atoms with Crippen LogP contribution in [-0.4, -0.2) is 77.6 Å². The van der Waals surface area contributed by atoms with Gasteiger partial charge in [-0.05, 0) is 43.4 Å². The van der Waals surface area contributed by atoms with Crippen LogP contribution >= 0.6 is 0 Å². The SMILES string of the molecule is Nc1ncnc2c1ncn2[C@@H]1O[C@H](C[C@@H](C#Cc2ccc3c(c2)C(=O)NCC3)CC[C@H](N)C(=O)O)[C@@H](O)[C@H]1O. The number of fused-ring (bicyclic) bond motifs is 2. The van der Waals surface area contributed by atoms with Crippen LogP contribution in [0.4, 0.5) is 5.82 Å². The Morgan fingerprint density at radius 2 is 2.05 bits per heavy atom. The smallest absolute Gasteiger partial charge is 0.320 e. The second-order valence-electron chi connectivity index (χ2n) is 9.73. The summed E-state index contributed by atoms with van der Waals surface area (Å²) in [4.78, 5) is 35.8. The number of carboxylic acid groups (broad SMARTS) is 1. The molecule has 6 atom stereocenters. The number of nitrogens with two attached hydrogens (primary N) is 2. The van der Waals surface area contributed by atoms with Crippen LogP contribution in [0.5, 0.6) is 0 Å². The van der Waals surface area contributed by atoms with E-state index in [1.54, 1.807) is 6.07 Å². The van der Waals surface area contributed by atoms with Gasteiger partial charge in [0.15, 0.2) is 17.7 Å². The van der Waals surface area contributed by atoms with Gasteiger partial charge in [0.1, 0.15) is 30.1 Å². The van der Waals surface area contributed by atoms with E-state index in [0.717, 1.165) is 12.0 Å². The number of aliphatic hydroxyl groups is 2. The molecule has 0 radical (unpaired) electrons. The summed E-state index contributed by atoms with van der Waals surface area (Å²) in [5, 5.41) is 33.7. The summed E-state index contributed by atoms with van der Waals surface area (Å²) < 4.78 is 7.54. The largest absolute Gasteiger partial charge is 0.480 e. The molecule has 3 aromatic rings. The summed E-state index contributed by atoms with van der Waals surface area (Å²) in [5.41, 5.74) is 14.4. The highest BCUT2D eigenvalue weighted by Crippen LogP contribution is 2.35. The molecule has 1 amide bonds. The Morgan fingerprint density at radius 1 is 1.23 bits per heavy atom. The second-order valence-corrected chi connectivity index (χ2v) is 9.73. The summed E-state index contributed by atoms with van der Waals surface area (Å²) in [7, 11) is 0. The van der Waals surface area contributed by atoms with E-state index in [4.69, 9.17) is 16.2 Å². The minimum absolute atomic E-state index is 0.148. The number of aliphatic carboxylic acids is 1. The molecule has 2 aliphatic rings. The summed E-state index contributed by atoms with van der Waals surface area (Å²) >= 11 is 0. The van der Waals surface area contributed by atoms with Gasteiger partial charge >= 0.3 is 5.97 Å². The number of benzene rings is 1. The number of ether oxygens (including phenoxy) is 1. The van der Waals surface area contributed by atoms with Gasteiger partial charge < -0.3 is 36.8 Å². The van der Waals surface area contributed by atoms with E-state index >= 15 is 0 Å². The first-order valence-corrected chi connectivity index (χ1v) is 12.6. The number of nitrogen functional groups attached to an aromatic ring is 1. The van der Waals surface area contributed by atoms with Crippen molar-refractivity contribution in [2.75, 3.05) is 12.3 Å².